The largest absolute Gasteiger partial charge is 0.447 e. The van der Waals surface area contributed by atoms with Crippen molar-refractivity contribution in [3.05, 3.63) is 35.9 Å². The lowest BCUT2D eigenvalue weighted by Gasteiger charge is -2.22. The van der Waals surface area contributed by atoms with Crippen molar-refractivity contribution in [1.82, 2.24) is 5.32 Å². The Labute approximate surface area is 189 Å². The van der Waals surface area contributed by atoms with Crippen LogP contribution in [-0.4, -0.2) is 63.1 Å². The standard InChI is InChI=1S/C23H34N2O7/c1-16(2)13-19(25-23(29)32-12-11-31-10-9-30-3)20(26)15-18(21(27)22(24)28)14-17-7-5-4-6-8-17/h4-8,16,18-19H,9-15H2,1-3H3,(H2,24,28)(H,25,29)/t18-,19+/m1/s1. The normalized spacial score (nSPS) is 12.8. The van der Waals surface area contributed by atoms with Crippen molar-refractivity contribution in [2.24, 2.45) is 17.6 Å². The second-order valence-electron chi connectivity index (χ2n) is 7.85. The SMILES string of the molecule is COCCOCCOC(=O)N[C@@H](CC(C)C)C(=O)C[C@@H](Cc1ccccc1)C(=O)C(N)=O. The van der Waals surface area contributed by atoms with Gasteiger partial charge in [0.15, 0.2) is 5.78 Å². The molecular formula is C23H34N2O7. The van der Waals surface area contributed by atoms with Gasteiger partial charge in [-0.2, -0.15) is 0 Å². The Morgan fingerprint density at radius 3 is 2.25 bits per heavy atom. The van der Waals surface area contributed by atoms with Gasteiger partial charge < -0.3 is 25.3 Å². The summed E-state index contributed by atoms with van der Waals surface area (Å²) in [6.45, 7) is 4.86. The van der Waals surface area contributed by atoms with Gasteiger partial charge in [0, 0.05) is 19.4 Å². The van der Waals surface area contributed by atoms with E-state index >= 15 is 0 Å². The number of ketones is 2. The van der Waals surface area contributed by atoms with E-state index in [0.717, 1.165) is 5.56 Å². The number of primary amides is 1. The summed E-state index contributed by atoms with van der Waals surface area (Å²) in [5.74, 6) is -3.05. The summed E-state index contributed by atoms with van der Waals surface area (Å²) in [6, 6.07) is 8.21. The summed E-state index contributed by atoms with van der Waals surface area (Å²) in [7, 11) is 1.56. The van der Waals surface area contributed by atoms with Gasteiger partial charge in [-0.1, -0.05) is 44.2 Å². The highest BCUT2D eigenvalue weighted by molar-refractivity contribution is 6.36. The minimum absolute atomic E-state index is 0.0227. The van der Waals surface area contributed by atoms with Gasteiger partial charge in [-0.05, 0) is 24.3 Å². The number of alkyl carbamates (subject to hydrolysis) is 1. The van der Waals surface area contributed by atoms with Gasteiger partial charge in [-0.15, -0.1) is 0 Å². The summed E-state index contributed by atoms with van der Waals surface area (Å²) in [4.78, 5) is 49.0. The molecule has 0 fully saturated rings. The Morgan fingerprint density at radius 1 is 1.00 bits per heavy atom. The molecule has 178 valence electrons. The van der Waals surface area contributed by atoms with Crippen molar-refractivity contribution in [2.45, 2.75) is 39.2 Å². The number of carbonyl (C=O) groups is 4. The average Bonchev–Trinajstić information content (AvgIpc) is 2.75. The molecule has 0 heterocycles. The van der Waals surface area contributed by atoms with Crippen molar-refractivity contribution in [3.8, 4) is 0 Å². The minimum Gasteiger partial charge on any atom is -0.447 e. The lowest BCUT2D eigenvalue weighted by Crippen LogP contribution is -2.44. The van der Waals surface area contributed by atoms with E-state index in [9.17, 15) is 19.2 Å². The molecule has 1 rings (SSSR count). The first-order valence-corrected chi connectivity index (χ1v) is 10.6. The van der Waals surface area contributed by atoms with Crippen LogP contribution in [0.1, 0.15) is 32.3 Å². The number of Topliss-reactive ketones (excluding diaryl/α,β-unsaturated/α-hetero) is 2. The number of rotatable bonds is 16. The van der Waals surface area contributed by atoms with Crippen LogP contribution in [0.4, 0.5) is 4.79 Å². The molecule has 0 saturated carbocycles. The number of methoxy groups -OCH3 is 1. The Bertz CT molecular complexity index is 737. The van der Waals surface area contributed by atoms with E-state index in [1.54, 1.807) is 19.2 Å². The molecule has 1 aromatic carbocycles. The van der Waals surface area contributed by atoms with Crippen LogP contribution >= 0.6 is 0 Å². The molecule has 3 N–H and O–H groups in total. The summed E-state index contributed by atoms with van der Waals surface area (Å²) in [5, 5.41) is 2.57. The zero-order valence-electron chi connectivity index (χ0n) is 19.0. The topological polar surface area (TPSA) is 134 Å². The zero-order chi connectivity index (χ0) is 23.9. The summed E-state index contributed by atoms with van der Waals surface area (Å²) < 4.78 is 15.1. The fourth-order valence-corrected chi connectivity index (χ4v) is 3.11. The third-order valence-electron chi connectivity index (χ3n) is 4.67. The molecule has 0 aromatic heterocycles. The number of nitrogens with two attached hydrogens (primary N) is 1. The van der Waals surface area contributed by atoms with Gasteiger partial charge in [0.1, 0.15) is 6.61 Å². The number of hydrogen-bond acceptors (Lipinski definition) is 7. The second-order valence-corrected chi connectivity index (χ2v) is 7.85. The first kappa shape index (κ1) is 27.3. The molecule has 2 amide bonds. The van der Waals surface area contributed by atoms with Crippen LogP contribution in [-0.2, 0) is 35.0 Å². The molecule has 0 aliphatic rings. The van der Waals surface area contributed by atoms with Gasteiger partial charge in [0.05, 0.1) is 25.9 Å². The molecule has 0 bridgehead atoms. The van der Waals surface area contributed by atoms with E-state index in [1.807, 2.05) is 32.0 Å². The molecule has 0 aliphatic carbocycles. The van der Waals surface area contributed by atoms with E-state index in [2.05, 4.69) is 5.32 Å². The van der Waals surface area contributed by atoms with Gasteiger partial charge in [-0.25, -0.2) is 4.79 Å². The predicted octanol–water partition coefficient (Wildman–Crippen LogP) is 1.66. The van der Waals surface area contributed by atoms with Crippen molar-refractivity contribution in [1.29, 1.82) is 0 Å². The average molecular weight is 451 g/mol. The van der Waals surface area contributed by atoms with Crippen LogP contribution in [0.2, 0.25) is 0 Å². The van der Waals surface area contributed by atoms with Crippen LogP contribution in [0.5, 0.6) is 0 Å². The zero-order valence-corrected chi connectivity index (χ0v) is 19.0. The Morgan fingerprint density at radius 2 is 1.66 bits per heavy atom. The summed E-state index contributed by atoms with van der Waals surface area (Å²) in [6.07, 6.45) is -0.401. The van der Waals surface area contributed by atoms with Crippen LogP contribution in [0.15, 0.2) is 30.3 Å². The van der Waals surface area contributed by atoms with Crippen LogP contribution in [0, 0.1) is 11.8 Å². The smallest absolute Gasteiger partial charge is 0.407 e. The molecule has 2 atom stereocenters. The van der Waals surface area contributed by atoms with Crippen molar-refractivity contribution < 1.29 is 33.4 Å². The Hall–Kier alpha value is -2.78. The number of amides is 2. The van der Waals surface area contributed by atoms with Gasteiger partial charge in [-0.3, -0.25) is 14.4 Å². The Balaban J connectivity index is 2.74. The number of benzene rings is 1. The lowest BCUT2D eigenvalue weighted by atomic mass is 9.87. The van der Waals surface area contributed by atoms with E-state index in [1.165, 1.54) is 0 Å². The molecule has 0 aliphatic heterocycles. The molecule has 9 nitrogen and oxygen atoms in total. The quantitative estimate of drug-likeness (QED) is 0.289. The fourth-order valence-electron chi connectivity index (χ4n) is 3.11. The predicted molar refractivity (Wildman–Crippen MR) is 118 cm³/mol. The maximum Gasteiger partial charge on any atom is 0.407 e. The molecule has 0 unspecified atom stereocenters. The maximum atomic E-state index is 13.0. The molecular weight excluding hydrogens is 416 g/mol. The van der Waals surface area contributed by atoms with Crippen molar-refractivity contribution in [3.63, 3.8) is 0 Å². The number of hydrogen-bond donors (Lipinski definition) is 2. The second kappa shape index (κ2) is 15.1. The first-order valence-electron chi connectivity index (χ1n) is 10.6. The van der Waals surface area contributed by atoms with E-state index in [-0.39, 0.29) is 37.8 Å². The molecule has 0 spiro atoms. The highest BCUT2D eigenvalue weighted by atomic mass is 16.6. The van der Waals surface area contributed by atoms with E-state index < -0.39 is 29.7 Å². The monoisotopic (exact) mass is 450 g/mol. The maximum absolute atomic E-state index is 13.0. The number of carbonyl (C=O) groups excluding carboxylic acids is 4. The van der Waals surface area contributed by atoms with E-state index in [0.29, 0.717) is 19.6 Å². The van der Waals surface area contributed by atoms with Gasteiger partial charge in [0.25, 0.3) is 5.91 Å². The molecule has 32 heavy (non-hydrogen) atoms. The molecule has 0 radical (unpaired) electrons. The third kappa shape index (κ3) is 11.0. The fraction of sp³-hybridized carbons (Fsp3) is 0.565. The minimum atomic E-state index is -1.08. The van der Waals surface area contributed by atoms with Gasteiger partial charge >= 0.3 is 6.09 Å². The lowest BCUT2D eigenvalue weighted by molar-refractivity contribution is -0.139. The highest BCUT2D eigenvalue weighted by Gasteiger charge is 2.30. The first-order chi connectivity index (χ1) is 15.2. The van der Waals surface area contributed by atoms with Crippen LogP contribution < -0.4 is 11.1 Å². The number of ether oxygens (including phenoxy) is 3. The van der Waals surface area contributed by atoms with Gasteiger partial charge in [0.2, 0.25) is 5.78 Å². The van der Waals surface area contributed by atoms with Crippen molar-refractivity contribution in [2.75, 3.05) is 33.5 Å². The third-order valence-corrected chi connectivity index (χ3v) is 4.67. The Kier molecular flexibility index (Phi) is 12.9. The molecule has 0 saturated heterocycles. The van der Waals surface area contributed by atoms with Crippen molar-refractivity contribution >= 4 is 23.6 Å². The molecule has 9 heteroatoms. The summed E-state index contributed by atoms with van der Waals surface area (Å²) in [5.41, 5.74) is 6.00. The van der Waals surface area contributed by atoms with E-state index in [4.69, 9.17) is 19.9 Å². The van der Waals surface area contributed by atoms with Crippen LogP contribution in [0.25, 0.3) is 0 Å². The molecule has 1 aromatic rings. The van der Waals surface area contributed by atoms with Crippen LogP contribution in [0.3, 0.4) is 0 Å². The summed E-state index contributed by atoms with van der Waals surface area (Å²) >= 11 is 0. The highest BCUT2D eigenvalue weighted by Crippen LogP contribution is 2.17. The number of nitrogens with one attached hydrogen (secondary N) is 1.